The van der Waals surface area contributed by atoms with Crippen LogP contribution in [-0.4, -0.2) is 60.5 Å². The number of carbonyl (C=O) groups excluding carboxylic acids is 2. The van der Waals surface area contributed by atoms with Gasteiger partial charge in [-0.2, -0.15) is 4.99 Å². The highest BCUT2D eigenvalue weighted by Crippen LogP contribution is 2.41. The molecule has 186 valence electrons. The number of para-hydroxylation sites is 1. The molecular weight excluding hydrogens is 490 g/mol. The van der Waals surface area contributed by atoms with Gasteiger partial charge >= 0.3 is 6.09 Å². The summed E-state index contributed by atoms with van der Waals surface area (Å²) < 4.78 is 35.5. The van der Waals surface area contributed by atoms with Gasteiger partial charge in [0.1, 0.15) is 23.6 Å². The van der Waals surface area contributed by atoms with Gasteiger partial charge in [0.2, 0.25) is 0 Å². The van der Waals surface area contributed by atoms with Crippen LogP contribution in [0.25, 0.3) is 0 Å². The summed E-state index contributed by atoms with van der Waals surface area (Å²) in [5.41, 5.74) is 0.0189. The molecule has 0 unspecified atom stereocenters. The Morgan fingerprint density at radius 2 is 1.71 bits per heavy atom. The van der Waals surface area contributed by atoms with Gasteiger partial charge in [0.15, 0.2) is 15.0 Å². The highest BCUT2D eigenvalue weighted by molar-refractivity contribution is 8.16. The number of sulfone groups is 1. The van der Waals surface area contributed by atoms with E-state index in [1.165, 1.54) is 11.8 Å². The molecule has 2 heterocycles. The number of hydrogen-bond acceptors (Lipinski definition) is 7. The van der Waals surface area contributed by atoms with Gasteiger partial charge < -0.3 is 19.7 Å². The van der Waals surface area contributed by atoms with Crippen molar-refractivity contribution in [2.45, 2.75) is 37.7 Å². The second-order valence-corrected chi connectivity index (χ2v) is 12.6. The summed E-state index contributed by atoms with van der Waals surface area (Å²) in [6.45, 7) is 4.85. The molecule has 2 aliphatic rings. The molecule has 2 aromatic rings. The maximum Gasteiger partial charge on any atom is 0.408 e. The van der Waals surface area contributed by atoms with Crippen LogP contribution in [-0.2, 0) is 19.4 Å². The lowest BCUT2D eigenvalue weighted by Crippen LogP contribution is -2.38. The Morgan fingerprint density at radius 3 is 2.37 bits per heavy atom. The van der Waals surface area contributed by atoms with E-state index in [1.54, 1.807) is 37.8 Å². The molecule has 11 heteroatoms. The molecule has 0 aromatic heterocycles. The number of aliphatic imine (C=N–C) groups is 1. The Hall–Kier alpha value is -3.05. The van der Waals surface area contributed by atoms with Crippen LogP contribution >= 0.6 is 11.8 Å². The van der Waals surface area contributed by atoms with Crippen LogP contribution in [0.4, 0.5) is 10.5 Å². The number of ether oxygens (including phenoxy) is 2. The number of alkyl carbamates (subject to hydrolysis) is 1. The SMILES string of the molecule is CC(C)(C)OC(=O)NCC(=O)N=C1S[C@H]2CS(=O)(=O)C[C@@H]2N1c1ccc(Oc2ccccc2)cc1. The van der Waals surface area contributed by atoms with Gasteiger partial charge in [0.25, 0.3) is 5.91 Å². The maximum atomic E-state index is 12.5. The van der Waals surface area contributed by atoms with Gasteiger partial charge in [-0.1, -0.05) is 30.0 Å². The Balaban J connectivity index is 1.51. The van der Waals surface area contributed by atoms with Gasteiger partial charge in [-0.3, -0.25) is 4.79 Å². The maximum absolute atomic E-state index is 12.5. The van der Waals surface area contributed by atoms with Gasteiger partial charge in [0, 0.05) is 10.9 Å². The van der Waals surface area contributed by atoms with Gasteiger partial charge in [-0.15, -0.1) is 0 Å². The molecule has 2 amide bonds. The molecule has 2 aliphatic heterocycles. The fourth-order valence-electron chi connectivity index (χ4n) is 3.77. The highest BCUT2D eigenvalue weighted by atomic mass is 32.2. The van der Waals surface area contributed by atoms with E-state index in [0.29, 0.717) is 22.4 Å². The number of fused-ring (bicyclic) bond motifs is 1. The minimum Gasteiger partial charge on any atom is -0.457 e. The molecule has 0 radical (unpaired) electrons. The Morgan fingerprint density at radius 1 is 1.06 bits per heavy atom. The molecule has 0 spiro atoms. The molecule has 2 fully saturated rings. The predicted octanol–water partition coefficient (Wildman–Crippen LogP) is 3.61. The zero-order chi connectivity index (χ0) is 25.2. The predicted molar refractivity (Wildman–Crippen MR) is 136 cm³/mol. The van der Waals surface area contributed by atoms with Crippen LogP contribution in [0.2, 0.25) is 0 Å². The first-order valence-corrected chi connectivity index (χ1v) is 13.8. The smallest absolute Gasteiger partial charge is 0.408 e. The summed E-state index contributed by atoms with van der Waals surface area (Å²) in [6, 6.07) is 16.2. The number of carbonyl (C=O) groups is 2. The van der Waals surface area contributed by atoms with E-state index in [9.17, 15) is 18.0 Å². The largest absolute Gasteiger partial charge is 0.457 e. The molecule has 2 aromatic carbocycles. The average Bonchev–Trinajstić information content (AvgIpc) is 3.23. The van der Waals surface area contributed by atoms with Crippen LogP contribution in [0.15, 0.2) is 59.6 Å². The van der Waals surface area contributed by atoms with Gasteiger partial charge in [-0.25, -0.2) is 13.2 Å². The van der Waals surface area contributed by atoms with E-state index < -0.39 is 27.4 Å². The van der Waals surface area contributed by atoms with Crippen LogP contribution < -0.4 is 15.0 Å². The summed E-state index contributed by atoms with van der Waals surface area (Å²) >= 11 is 1.27. The zero-order valence-corrected chi connectivity index (χ0v) is 21.3. The van der Waals surface area contributed by atoms with Crippen molar-refractivity contribution in [1.29, 1.82) is 0 Å². The van der Waals surface area contributed by atoms with Crippen LogP contribution in [0.5, 0.6) is 11.5 Å². The van der Waals surface area contributed by atoms with E-state index in [2.05, 4.69) is 10.3 Å². The second-order valence-electron chi connectivity index (χ2n) is 9.22. The molecule has 2 saturated heterocycles. The van der Waals surface area contributed by atoms with Crippen molar-refractivity contribution >= 4 is 44.5 Å². The number of amides is 2. The first-order valence-electron chi connectivity index (χ1n) is 11.1. The van der Waals surface area contributed by atoms with Gasteiger partial charge in [-0.05, 0) is 57.2 Å². The molecule has 0 saturated carbocycles. The van der Waals surface area contributed by atoms with Crippen molar-refractivity contribution in [3.05, 3.63) is 54.6 Å². The third-order valence-corrected chi connectivity index (χ3v) is 8.37. The molecular formula is C24H27N3O6S2. The molecule has 1 N–H and O–H groups in total. The first kappa shape index (κ1) is 25.1. The van der Waals surface area contributed by atoms with Crippen molar-refractivity contribution in [1.82, 2.24) is 5.32 Å². The summed E-state index contributed by atoms with van der Waals surface area (Å²) in [5.74, 6) is 0.770. The number of thioether (sulfide) groups is 1. The number of benzene rings is 2. The van der Waals surface area contributed by atoms with E-state index in [4.69, 9.17) is 9.47 Å². The summed E-state index contributed by atoms with van der Waals surface area (Å²) in [4.78, 5) is 30.3. The molecule has 0 aliphatic carbocycles. The van der Waals surface area contributed by atoms with Crippen molar-refractivity contribution in [2.75, 3.05) is 23.0 Å². The molecule has 35 heavy (non-hydrogen) atoms. The number of rotatable bonds is 5. The lowest BCUT2D eigenvalue weighted by atomic mass is 10.2. The van der Waals surface area contributed by atoms with Crippen LogP contribution in [0.1, 0.15) is 20.8 Å². The Labute approximate surface area is 208 Å². The van der Waals surface area contributed by atoms with E-state index >= 15 is 0 Å². The molecule has 2 atom stereocenters. The third-order valence-electron chi connectivity index (χ3n) is 5.16. The number of anilines is 1. The van der Waals surface area contributed by atoms with E-state index in [1.807, 2.05) is 42.5 Å². The third kappa shape index (κ3) is 6.55. The highest BCUT2D eigenvalue weighted by Gasteiger charge is 2.49. The Kier molecular flexibility index (Phi) is 7.09. The van der Waals surface area contributed by atoms with Crippen LogP contribution in [0.3, 0.4) is 0 Å². The molecule has 9 nitrogen and oxygen atoms in total. The number of nitrogens with zero attached hydrogens (tertiary/aromatic N) is 2. The van der Waals surface area contributed by atoms with Crippen molar-refractivity contribution < 1.29 is 27.5 Å². The quantitative estimate of drug-likeness (QED) is 0.640. The summed E-state index contributed by atoms with van der Waals surface area (Å²) in [6.07, 6.45) is -0.709. The number of amidine groups is 1. The topological polar surface area (TPSA) is 114 Å². The van der Waals surface area contributed by atoms with Crippen LogP contribution in [0, 0.1) is 0 Å². The number of nitrogens with one attached hydrogen (secondary N) is 1. The fraction of sp³-hybridized carbons (Fsp3) is 0.375. The Bertz CT molecular complexity index is 1220. The normalized spacial score (nSPS) is 22.0. The fourth-order valence-corrected chi connectivity index (χ4v) is 7.71. The first-order chi connectivity index (χ1) is 16.5. The summed E-state index contributed by atoms with van der Waals surface area (Å²) in [7, 11) is -3.19. The molecule has 4 rings (SSSR count). The second kappa shape index (κ2) is 9.90. The van der Waals surface area contributed by atoms with E-state index in [0.717, 1.165) is 0 Å². The van der Waals surface area contributed by atoms with E-state index in [-0.39, 0.29) is 29.3 Å². The monoisotopic (exact) mass is 517 g/mol. The lowest BCUT2D eigenvalue weighted by Gasteiger charge is -2.24. The van der Waals surface area contributed by atoms with Crippen molar-refractivity contribution in [3.63, 3.8) is 0 Å². The lowest BCUT2D eigenvalue weighted by molar-refractivity contribution is -0.117. The minimum absolute atomic E-state index is 0.0176. The average molecular weight is 518 g/mol. The zero-order valence-electron chi connectivity index (χ0n) is 19.6. The van der Waals surface area contributed by atoms with Crippen molar-refractivity contribution in [3.8, 4) is 11.5 Å². The number of hydrogen-bond donors (Lipinski definition) is 1. The molecule has 0 bridgehead atoms. The van der Waals surface area contributed by atoms with Gasteiger partial charge in [0.05, 0.1) is 17.5 Å². The summed E-state index contributed by atoms with van der Waals surface area (Å²) in [5, 5.41) is 2.58. The minimum atomic E-state index is -3.19. The van der Waals surface area contributed by atoms with Crippen molar-refractivity contribution in [2.24, 2.45) is 4.99 Å². The standard InChI is InChI=1S/C24H27N3O6S2/c1-24(2,3)33-23(29)25-13-21(28)26-22-27(19-14-35(30,31)15-20(19)34-22)16-9-11-18(12-10-16)32-17-7-5-4-6-8-17/h4-12,19-20H,13-15H2,1-3H3,(H,25,29)/t19-,20-/m0/s1.